The van der Waals surface area contributed by atoms with Gasteiger partial charge in [0.1, 0.15) is 17.5 Å². The summed E-state index contributed by atoms with van der Waals surface area (Å²) in [6, 6.07) is 12.8. The maximum absolute atomic E-state index is 12.7. The van der Waals surface area contributed by atoms with Crippen molar-refractivity contribution in [3.63, 3.8) is 0 Å². The van der Waals surface area contributed by atoms with E-state index < -0.39 is 0 Å². The van der Waals surface area contributed by atoms with E-state index in [1.807, 2.05) is 41.3 Å². The number of likely N-dealkylation sites (tertiary alicyclic amines) is 1. The Labute approximate surface area is 156 Å². The third-order valence-corrected chi connectivity index (χ3v) is 4.81. The Kier molecular flexibility index (Phi) is 4.71. The van der Waals surface area contributed by atoms with E-state index in [0.29, 0.717) is 23.8 Å². The molecule has 1 saturated heterocycles. The second-order valence-corrected chi connectivity index (χ2v) is 6.76. The molecule has 1 aliphatic rings. The topological polar surface area (TPSA) is 55.3 Å². The molecule has 1 aliphatic heterocycles. The van der Waals surface area contributed by atoms with Crippen LogP contribution >= 0.6 is 11.6 Å². The lowest BCUT2D eigenvalue weighted by atomic mass is 10.1. The van der Waals surface area contributed by atoms with Crippen molar-refractivity contribution >= 4 is 28.4 Å². The number of ether oxygens (including phenoxy) is 1. The number of benzene rings is 1. The number of hydrogen-bond donors (Lipinski definition) is 0. The Morgan fingerprint density at radius 2 is 1.85 bits per heavy atom. The number of nitrogens with zero attached hydrogens (tertiary/aromatic N) is 3. The number of carbonyl (C=O) groups excluding carboxylic acids is 1. The van der Waals surface area contributed by atoms with Crippen LogP contribution in [0.25, 0.3) is 10.9 Å². The standard InChI is InChI=1S/C20H18ClN3O2/c21-15-2-4-16(5-3-15)26-17-8-11-24(12-9-17)20(25)19-6-1-14-13-22-10-7-18(14)23-19/h1-7,10,13,17H,8-9,11-12H2. The van der Waals surface area contributed by atoms with Crippen LogP contribution in [0.2, 0.25) is 5.02 Å². The highest BCUT2D eigenvalue weighted by Crippen LogP contribution is 2.22. The molecule has 3 heterocycles. The summed E-state index contributed by atoms with van der Waals surface area (Å²) in [5.41, 5.74) is 1.26. The van der Waals surface area contributed by atoms with Gasteiger partial charge in [0.25, 0.3) is 5.91 Å². The molecule has 4 rings (SSSR count). The first-order valence-corrected chi connectivity index (χ1v) is 8.99. The molecule has 1 aromatic carbocycles. The SMILES string of the molecule is O=C(c1ccc2cnccc2n1)N1CCC(Oc2ccc(Cl)cc2)CC1. The first-order valence-electron chi connectivity index (χ1n) is 8.61. The highest BCUT2D eigenvalue weighted by atomic mass is 35.5. The number of piperidine rings is 1. The van der Waals surface area contributed by atoms with Crippen LogP contribution in [0, 0.1) is 0 Å². The number of pyridine rings is 2. The zero-order chi connectivity index (χ0) is 17.9. The van der Waals surface area contributed by atoms with Gasteiger partial charge in [0.15, 0.2) is 0 Å². The first-order chi connectivity index (χ1) is 12.7. The van der Waals surface area contributed by atoms with Gasteiger partial charge in [-0.05, 0) is 42.5 Å². The molecule has 0 aliphatic carbocycles. The molecule has 2 aromatic heterocycles. The van der Waals surface area contributed by atoms with Crippen molar-refractivity contribution in [1.29, 1.82) is 0 Å². The highest BCUT2D eigenvalue weighted by molar-refractivity contribution is 6.30. The van der Waals surface area contributed by atoms with E-state index in [1.165, 1.54) is 0 Å². The average Bonchev–Trinajstić information content (AvgIpc) is 2.69. The number of hydrogen-bond acceptors (Lipinski definition) is 4. The largest absolute Gasteiger partial charge is 0.490 e. The summed E-state index contributed by atoms with van der Waals surface area (Å²) in [5, 5.41) is 1.62. The van der Waals surface area contributed by atoms with E-state index in [4.69, 9.17) is 16.3 Å². The molecule has 132 valence electrons. The average molecular weight is 368 g/mol. The molecule has 0 bridgehead atoms. The van der Waals surface area contributed by atoms with E-state index >= 15 is 0 Å². The Balaban J connectivity index is 1.38. The first kappa shape index (κ1) is 16.8. The summed E-state index contributed by atoms with van der Waals surface area (Å²) in [5.74, 6) is 0.776. The van der Waals surface area contributed by atoms with Crippen LogP contribution in [-0.2, 0) is 0 Å². The van der Waals surface area contributed by atoms with Crippen LogP contribution < -0.4 is 4.74 Å². The molecule has 1 fully saturated rings. The van der Waals surface area contributed by atoms with E-state index in [1.54, 1.807) is 18.5 Å². The van der Waals surface area contributed by atoms with Crippen LogP contribution in [0.3, 0.4) is 0 Å². The molecule has 0 unspecified atom stereocenters. The second kappa shape index (κ2) is 7.30. The number of amides is 1. The molecule has 0 spiro atoms. The van der Waals surface area contributed by atoms with Gasteiger partial charge in [-0.2, -0.15) is 0 Å². The van der Waals surface area contributed by atoms with Gasteiger partial charge in [0, 0.05) is 48.7 Å². The highest BCUT2D eigenvalue weighted by Gasteiger charge is 2.25. The van der Waals surface area contributed by atoms with Crippen molar-refractivity contribution in [2.45, 2.75) is 18.9 Å². The Morgan fingerprint density at radius 1 is 1.08 bits per heavy atom. The smallest absolute Gasteiger partial charge is 0.272 e. The van der Waals surface area contributed by atoms with Crippen molar-refractivity contribution in [3.05, 3.63) is 65.6 Å². The van der Waals surface area contributed by atoms with Crippen molar-refractivity contribution in [3.8, 4) is 5.75 Å². The molecular weight excluding hydrogens is 350 g/mol. The molecule has 6 heteroatoms. The van der Waals surface area contributed by atoms with Gasteiger partial charge in [-0.3, -0.25) is 9.78 Å². The van der Waals surface area contributed by atoms with Gasteiger partial charge in [-0.25, -0.2) is 4.98 Å². The summed E-state index contributed by atoms with van der Waals surface area (Å²) < 4.78 is 5.98. The molecule has 0 radical (unpaired) electrons. The normalized spacial score (nSPS) is 15.2. The zero-order valence-electron chi connectivity index (χ0n) is 14.1. The lowest BCUT2D eigenvalue weighted by Crippen LogP contribution is -2.42. The third-order valence-electron chi connectivity index (χ3n) is 4.55. The summed E-state index contributed by atoms with van der Waals surface area (Å²) >= 11 is 5.89. The predicted octanol–water partition coefficient (Wildman–Crippen LogP) is 3.97. The Bertz CT molecular complexity index is 922. The number of carbonyl (C=O) groups is 1. The van der Waals surface area contributed by atoms with Crippen molar-refractivity contribution in [2.75, 3.05) is 13.1 Å². The number of rotatable bonds is 3. The maximum atomic E-state index is 12.7. The number of fused-ring (bicyclic) bond motifs is 1. The Hall–Kier alpha value is -2.66. The van der Waals surface area contributed by atoms with Crippen LogP contribution in [0.15, 0.2) is 54.9 Å². The molecule has 5 nitrogen and oxygen atoms in total. The fourth-order valence-electron chi connectivity index (χ4n) is 3.13. The van der Waals surface area contributed by atoms with Crippen molar-refractivity contribution in [1.82, 2.24) is 14.9 Å². The van der Waals surface area contributed by atoms with Gasteiger partial charge in [-0.15, -0.1) is 0 Å². The van der Waals surface area contributed by atoms with E-state index in [0.717, 1.165) is 29.5 Å². The van der Waals surface area contributed by atoms with Gasteiger partial charge < -0.3 is 9.64 Å². The molecule has 1 amide bonds. The minimum atomic E-state index is -0.0337. The predicted molar refractivity (Wildman–Crippen MR) is 101 cm³/mol. The van der Waals surface area contributed by atoms with Gasteiger partial charge >= 0.3 is 0 Å². The zero-order valence-corrected chi connectivity index (χ0v) is 14.9. The summed E-state index contributed by atoms with van der Waals surface area (Å²) in [7, 11) is 0. The molecule has 0 atom stereocenters. The third kappa shape index (κ3) is 3.63. The molecule has 3 aromatic rings. The van der Waals surface area contributed by atoms with E-state index in [-0.39, 0.29) is 12.0 Å². The fraction of sp³-hybridized carbons (Fsp3) is 0.250. The van der Waals surface area contributed by atoms with Crippen LogP contribution in [0.5, 0.6) is 5.75 Å². The lowest BCUT2D eigenvalue weighted by molar-refractivity contribution is 0.0590. The molecule has 0 N–H and O–H groups in total. The van der Waals surface area contributed by atoms with Crippen molar-refractivity contribution in [2.24, 2.45) is 0 Å². The second-order valence-electron chi connectivity index (χ2n) is 6.33. The van der Waals surface area contributed by atoms with E-state index in [2.05, 4.69) is 9.97 Å². The minimum absolute atomic E-state index is 0.0337. The summed E-state index contributed by atoms with van der Waals surface area (Å²) in [6.07, 6.45) is 5.13. The quantitative estimate of drug-likeness (QED) is 0.703. The minimum Gasteiger partial charge on any atom is -0.490 e. The van der Waals surface area contributed by atoms with Gasteiger partial charge in [-0.1, -0.05) is 11.6 Å². The lowest BCUT2D eigenvalue weighted by Gasteiger charge is -2.32. The summed E-state index contributed by atoms with van der Waals surface area (Å²) in [4.78, 5) is 23.1. The molecule has 0 saturated carbocycles. The van der Waals surface area contributed by atoms with E-state index in [9.17, 15) is 4.79 Å². The van der Waals surface area contributed by atoms with Crippen LogP contribution in [0.4, 0.5) is 0 Å². The van der Waals surface area contributed by atoms with Gasteiger partial charge in [0.05, 0.1) is 5.52 Å². The monoisotopic (exact) mass is 367 g/mol. The molecular formula is C20H18ClN3O2. The number of aromatic nitrogens is 2. The van der Waals surface area contributed by atoms with Gasteiger partial charge in [0.2, 0.25) is 0 Å². The Morgan fingerprint density at radius 3 is 2.62 bits per heavy atom. The maximum Gasteiger partial charge on any atom is 0.272 e. The summed E-state index contributed by atoms with van der Waals surface area (Å²) in [6.45, 7) is 1.32. The molecule has 26 heavy (non-hydrogen) atoms. The number of halogens is 1. The van der Waals surface area contributed by atoms with Crippen LogP contribution in [0.1, 0.15) is 23.3 Å². The van der Waals surface area contributed by atoms with Crippen LogP contribution in [-0.4, -0.2) is 40.0 Å². The fourth-order valence-corrected chi connectivity index (χ4v) is 3.25. The van der Waals surface area contributed by atoms with Crippen molar-refractivity contribution < 1.29 is 9.53 Å².